The number of rotatable bonds is 6. The largest absolute Gasteiger partial charge is 0.420 e. The van der Waals surface area contributed by atoms with Gasteiger partial charge in [-0.1, -0.05) is 97.1 Å². The van der Waals surface area contributed by atoms with Gasteiger partial charge in [0.15, 0.2) is 11.4 Å². The second-order valence-electron chi connectivity index (χ2n) is 26.7. The summed E-state index contributed by atoms with van der Waals surface area (Å²) in [5.41, 5.74) is 11.4. The molecule has 0 spiro atoms. The normalized spacial score (nSPS) is 12.1. The maximum absolute atomic E-state index is 16.1. The molecule has 12 aromatic carbocycles. The average Bonchev–Trinajstić information content (AvgIpc) is 1.53. The number of aromatic nitrogens is 4. The van der Waals surface area contributed by atoms with Crippen LogP contribution >= 0.6 is 0 Å². The first-order valence-electron chi connectivity index (χ1n) is 32.7. The van der Waals surface area contributed by atoms with Crippen molar-refractivity contribution in [2.24, 2.45) is 0 Å². The number of hydrogen-bond acceptors (Lipinski definition) is 1. The van der Waals surface area contributed by atoms with Crippen LogP contribution in [-0.2, 0) is 18.5 Å². The van der Waals surface area contributed by atoms with E-state index in [4.69, 9.17) is 13.1 Å². The number of nitrogens with zero attached hydrogens (tertiary/aromatic N) is 7. The van der Waals surface area contributed by atoms with Crippen molar-refractivity contribution in [3.8, 4) is 51.1 Å². The second-order valence-corrected chi connectivity index (χ2v) is 26.7. The molecule has 0 unspecified atom stereocenters. The van der Waals surface area contributed by atoms with Crippen molar-refractivity contribution in [2.45, 2.75) is 73.9 Å². The highest BCUT2D eigenvalue weighted by Gasteiger charge is 2.41. The molecule has 0 saturated carbocycles. The van der Waals surface area contributed by atoms with Gasteiger partial charge in [0.25, 0.3) is 0 Å². The van der Waals surface area contributed by atoms with Crippen LogP contribution < -0.4 is 0 Å². The van der Waals surface area contributed by atoms with Gasteiger partial charge < -0.3 is 18.3 Å². The Balaban J connectivity index is 0.000000165. The number of hydrogen-bond donors (Lipinski definition) is 0. The van der Waals surface area contributed by atoms with Gasteiger partial charge in [-0.25, -0.2) is 9.69 Å². The van der Waals surface area contributed by atoms with Gasteiger partial charge in [0.05, 0.1) is 80.0 Å². The van der Waals surface area contributed by atoms with E-state index in [0.717, 1.165) is 134 Å². The first-order chi connectivity index (χ1) is 48.6. The predicted octanol–water partition coefficient (Wildman–Crippen LogP) is 25.6. The van der Waals surface area contributed by atoms with Crippen molar-refractivity contribution >= 4 is 98.6 Å². The lowest BCUT2D eigenvalue weighted by atomic mass is 9.97. The second kappa shape index (κ2) is 24.0. The molecular formula is C86H58F9N7. The topological polar surface area (TPSA) is 52.2 Å². The van der Waals surface area contributed by atoms with Gasteiger partial charge in [-0.3, -0.25) is 0 Å². The smallest absolute Gasteiger partial charge is 0.309 e. The molecule has 0 fully saturated rings. The van der Waals surface area contributed by atoms with E-state index in [1.165, 1.54) is 24.3 Å². The first-order valence-corrected chi connectivity index (χ1v) is 32.7. The summed E-state index contributed by atoms with van der Waals surface area (Å²) >= 11 is 0. The third-order valence-electron chi connectivity index (χ3n) is 19.3. The van der Waals surface area contributed by atoms with Crippen LogP contribution in [0.2, 0.25) is 0 Å². The van der Waals surface area contributed by atoms with E-state index in [2.05, 4.69) is 97.7 Å². The molecule has 4 heterocycles. The Morgan fingerprint density at radius 1 is 0.284 bits per heavy atom. The zero-order valence-corrected chi connectivity index (χ0v) is 56.2. The molecule has 0 amide bonds. The van der Waals surface area contributed by atoms with Crippen LogP contribution in [0.5, 0.6) is 0 Å². The summed E-state index contributed by atoms with van der Waals surface area (Å²) in [7, 11) is 0. The van der Waals surface area contributed by atoms with E-state index in [1.54, 1.807) is 21.3 Å². The standard InChI is InChI=1S/C43H29F6N3.C43H29F3N4/c1-23-6-10-31-32-11-7-24(2)15-36(32)51(35(31)14-23)39-20-28(27-18-29(42(44,45)46)22-30(19-27)50-5)21-40(41(39)43(47,48)49)52-37-16-25(3)8-12-33(37)34-13-9-26(4)17-38(34)52;1-24-6-10-32-33-11-7-25(2)15-38(33)49(37(32)14-24)41-20-29(28-18-30(43(44,45)46)22-31(19-28)48-5)21-42(36(41)23-47)50-39-16-26(3)8-12-34(39)35-13-9-27(4)17-40(35)50/h6-22H,1-4H3;6-22H,1-4H3. The zero-order chi connectivity index (χ0) is 71.9. The summed E-state index contributed by atoms with van der Waals surface area (Å²) in [5.74, 6) is 0. The summed E-state index contributed by atoms with van der Waals surface area (Å²) in [6, 6.07) is 62.3. The van der Waals surface area contributed by atoms with Gasteiger partial charge in [0, 0.05) is 54.2 Å². The summed E-state index contributed by atoms with van der Waals surface area (Å²) in [6.07, 6.45) is -14.4. The SMILES string of the molecule is [C-]#[N+]c1cc(-c2cc(-n3c4cc(C)ccc4c4ccc(C)cc43)c(C#N)c(-n3c4cc(C)ccc4c4ccc(C)cc43)c2)cc(C(F)(F)F)c1.[C-]#[N+]c1cc(-c2cc(-n3c4cc(C)ccc4c4ccc(C)cc43)c(C(F)(F)F)c(-n3c4cc(C)ccc4c4ccc(C)cc43)c2)cc(C(F)(F)F)c1. The quantitative estimate of drug-likeness (QED) is 0.121. The Kier molecular flexibility index (Phi) is 15.4. The van der Waals surface area contributed by atoms with Crippen molar-refractivity contribution in [3.63, 3.8) is 0 Å². The summed E-state index contributed by atoms with van der Waals surface area (Å²) < 4.78 is 141. The molecule has 16 aromatic rings. The van der Waals surface area contributed by atoms with E-state index in [1.807, 2.05) is 128 Å². The molecule has 0 radical (unpaired) electrons. The number of nitriles is 1. The Hall–Kier alpha value is -12.3. The van der Waals surface area contributed by atoms with Gasteiger partial charge in [0.2, 0.25) is 0 Å². The Morgan fingerprint density at radius 3 is 0.706 bits per heavy atom. The molecule has 16 rings (SSSR count). The number of benzene rings is 12. The molecule has 0 N–H and O–H groups in total. The molecule has 500 valence electrons. The van der Waals surface area contributed by atoms with Crippen molar-refractivity contribution in [2.75, 3.05) is 0 Å². The maximum Gasteiger partial charge on any atom is 0.420 e. The summed E-state index contributed by atoms with van der Waals surface area (Å²) in [4.78, 5) is 6.69. The van der Waals surface area contributed by atoms with Crippen molar-refractivity contribution in [1.29, 1.82) is 5.26 Å². The van der Waals surface area contributed by atoms with Gasteiger partial charge in [-0.2, -0.15) is 44.8 Å². The minimum absolute atomic E-state index is 0.0293. The lowest BCUT2D eigenvalue weighted by Crippen LogP contribution is -2.16. The number of aryl methyl sites for hydroxylation is 8. The van der Waals surface area contributed by atoms with Crippen molar-refractivity contribution in [3.05, 3.63) is 296 Å². The van der Waals surface area contributed by atoms with E-state index in [-0.39, 0.29) is 39.4 Å². The third-order valence-corrected chi connectivity index (χ3v) is 19.3. The fourth-order valence-electron chi connectivity index (χ4n) is 14.7. The molecule has 7 nitrogen and oxygen atoms in total. The highest BCUT2D eigenvalue weighted by atomic mass is 19.4. The molecule has 0 aliphatic rings. The number of fused-ring (bicyclic) bond motifs is 12. The van der Waals surface area contributed by atoms with Crippen LogP contribution in [0.1, 0.15) is 66.8 Å². The van der Waals surface area contributed by atoms with Gasteiger partial charge >= 0.3 is 18.5 Å². The Bertz CT molecular complexity index is 5890. The Labute approximate surface area is 579 Å². The zero-order valence-electron chi connectivity index (χ0n) is 56.2. The van der Waals surface area contributed by atoms with Crippen LogP contribution in [0.3, 0.4) is 0 Å². The Morgan fingerprint density at radius 2 is 0.500 bits per heavy atom. The van der Waals surface area contributed by atoms with Crippen LogP contribution in [0.4, 0.5) is 50.9 Å². The van der Waals surface area contributed by atoms with Crippen LogP contribution in [-0.4, -0.2) is 18.3 Å². The molecule has 102 heavy (non-hydrogen) atoms. The fraction of sp³-hybridized carbons (Fsp3) is 0.128. The molecule has 0 aliphatic heterocycles. The van der Waals surface area contributed by atoms with E-state index in [0.29, 0.717) is 44.6 Å². The minimum atomic E-state index is -4.92. The van der Waals surface area contributed by atoms with Crippen LogP contribution in [0.15, 0.2) is 206 Å². The molecular weight excluding hydrogens is 1300 g/mol. The van der Waals surface area contributed by atoms with Crippen LogP contribution in [0.25, 0.3) is 142 Å². The van der Waals surface area contributed by atoms with Gasteiger partial charge in [-0.15, -0.1) is 0 Å². The van der Waals surface area contributed by atoms with Crippen LogP contribution in [0, 0.1) is 79.9 Å². The van der Waals surface area contributed by atoms with Gasteiger partial charge in [0.1, 0.15) is 17.2 Å². The van der Waals surface area contributed by atoms with E-state index >= 15 is 13.2 Å². The first kappa shape index (κ1) is 65.6. The van der Waals surface area contributed by atoms with E-state index in [9.17, 15) is 31.6 Å². The van der Waals surface area contributed by atoms with E-state index < -0.39 is 35.2 Å². The van der Waals surface area contributed by atoms with Gasteiger partial charge in [-0.05, 0) is 231 Å². The highest BCUT2D eigenvalue weighted by Crippen LogP contribution is 2.49. The van der Waals surface area contributed by atoms with Crippen molar-refractivity contribution in [1.82, 2.24) is 18.3 Å². The number of alkyl halides is 9. The molecule has 0 atom stereocenters. The predicted molar refractivity (Wildman–Crippen MR) is 391 cm³/mol. The average molecular weight is 1360 g/mol. The molecule has 0 saturated heterocycles. The van der Waals surface area contributed by atoms with Crippen molar-refractivity contribution < 1.29 is 39.5 Å². The lowest BCUT2D eigenvalue weighted by molar-refractivity contribution is -0.138. The fourth-order valence-corrected chi connectivity index (χ4v) is 14.7. The minimum Gasteiger partial charge on any atom is -0.309 e. The maximum atomic E-state index is 16.1. The third kappa shape index (κ3) is 11.1. The molecule has 0 bridgehead atoms. The molecule has 4 aromatic heterocycles. The highest BCUT2D eigenvalue weighted by molar-refractivity contribution is 6.14. The molecule has 0 aliphatic carbocycles. The number of halogens is 9. The lowest BCUT2D eigenvalue weighted by Gasteiger charge is -2.23. The molecule has 16 heteroatoms. The summed E-state index contributed by atoms with van der Waals surface area (Å²) in [6.45, 7) is 30.7. The summed E-state index contributed by atoms with van der Waals surface area (Å²) in [5, 5.41) is 18.1. The monoisotopic (exact) mass is 1360 g/mol.